The highest BCUT2D eigenvalue weighted by molar-refractivity contribution is 6.30. The molecule has 1 aromatic heterocycles. The lowest BCUT2D eigenvalue weighted by Gasteiger charge is -2.34. The van der Waals surface area contributed by atoms with Gasteiger partial charge in [-0.1, -0.05) is 44.5 Å². The van der Waals surface area contributed by atoms with Crippen LogP contribution < -0.4 is 5.73 Å². The average Bonchev–Trinajstić information content (AvgIpc) is 2.99. The number of carbonyl (C=O) groups excluding carboxylic acids is 2. The maximum Gasteiger partial charge on any atom is 0.252 e. The van der Waals surface area contributed by atoms with Crippen LogP contribution in [0.3, 0.4) is 0 Å². The fraction of sp³-hybridized carbons (Fsp3) is 0.450. The largest absolute Gasteiger partial charge is 0.365 e. The number of nitrogens with zero attached hydrogens (tertiary/aromatic N) is 3. The Morgan fingerprint density at radius 2 is 2.07 bits per heavy atom. The number of rotatable bonds is 4. The zero-order chi connectivity index (χ0) is 20.6. The molecule has 0 fully saturated rings. The van der Waals surface area contributed by atoms with Gasteiger partial charge in [-0.3, -0.25) is 14.3 Å². The second kappa shape index (κ2) is 7.54. The van der Waals surface area contributed by atoms with Gasteiger partial charge in [0.15, 0.2) is 0 Å². The third kappa shape index (κ3) is 4.04. The molecule has 0 spiro atoms. The molecule has 2 aromatic rings. The Morgan fingerprint density at radius 1 is 1.36 bits per heavy atom. The molecule has 1 aliphatic rings. The van der Waals surface area contributed by atoms with E-state index in [0.717, 1.165) is 0 Å². The SMILES string of the molecule is CC(C)(C)CC(=O)N1Cc2c(C(N)=O)c(-c3cccc(Cl)c3)nn2C(CF)C1. The summed E-state index contributed by atoms with van der Waals surface area (Å²) in [6.07, 6.45) is 0.327. The number of carbonyl (C=O) groups is 2. The molecule has 3 rings (SSSR count). The highest BCUT2D eigenvalue weighted by Gasteiger charge is 2.35. The molecule has 0 aliphatic carbocycles. The minimum Gasteiger partial charge on any atom is -0.365 e. The number of primary amides is 1. The second-order valence-corrected chi connectivity index (χ2v) is 8.75. The van der Waals surface area contributed by atoms with Gasteiger partial charge in [0.25, 0.3) is 5.91 Å². The molecule has 150 valence electrons. The van der Waals surface area contributed by atoms with Crippen LogP contribution in [0.4, 0.5) is 4.39 Å². The van der Waals surface area contributed by atoms with E-state index in [1.807, 2.05) is 20.8 Å². The van der Waals surface area contributed by atoms with Crippen molar-refractivity contribution in [3.05, 3.63) is 40.5 Å². The molecule has 0 saturated heterocycles. The van der Waals surface area contributed by atoms with E-state index in [9.17, 15) is 14.0 Å². The van der Waals surface area contributed by atoms with Gasteiger partial charge in [-0.2, -0.15) is 5.10 Å². The van der Waals surface area contributed by atoms with Crippen LogP contribution in [0.1, 0.15) is 49.3 Å². The van der Waals surface area contributed by atoms with Crippen molar-refractivity contribution in [1.29, 1.82) is 0 Å². The predicted octanol–water partition coefficient (Wildman–Crippen LogP) is 3.59. The normalized spacial score (nSPS) is 16.8. The number of halogens is 2. The van der Waals surface area contributed by atoms with Crippen LogP contribution >= 0.6 is 11.6 Å². The van der Waals surface area contributed by atoms with Crippen LogP contribution in [-0.2, 0) is 11.3 Å². The van der Waals surface area contributed by atoms with Crippen molar-refractivity contribution in [2.75, 3.05) is 13.2 Å². The Labute approximate surface area is 168 Å². The molecule has 2 heterocycles. The third-order valence-corrected chi connectivity index (χ3v) is 4.92. The molecular weight excluding hydrogens is 383 g/mol. The summed E-state index contributed by atoms with van der Waals surface area (Å²) in [5.74, 6) is -0.753. The Bertz CT molecular complexity index is 919. The maximum atomic E-state index is 13.8. The highest BCUT2D eigenvalue weighted by Crippen LogP contribution is 2.33. The van der Waals surface area contributed by atoms with Gasteiger partial charge in [0, 0.05) is 23.6 Å². The number of fused-ring (bicyclic) bond motifs is 1. The number of nitrogens with two attached hydrogens (primary N) is 1. The number of hydrogen-bond acceptors (Lipinski definition) is 3. The van der Waals surface area contributed by atoms with Crippen molar-refractivity contribution in [3.8, 4) is 11.3 Å². The minimum absolute atomic E-state index is 0.0851. The molecular formula is C20H24ClFN4O2. The molecule has 1 unspecified atom stereocenters. The van der Waals surface area contributed by atoms with Crippen LogP contribution in [0.5, 0.6) is 0 Å². The molecule has 0 bridgehead atoms. The predicted molar refractivity (Wildman–Crippen MR) is 106 cm³/mol. The van der Waals surface area contributed by atoms with E-state index in [-0.39, 0.29) is 30.0 Å². The first-order chi connectivity index (χ1) is 13.1. The topological polar surface area (TPSA) is 81.2 Å². The first kappa shape index (κ1) is 20.3. The Balaban J connectivity index is 2.07. The highest BCUT2D eigenvalue weighted by atomic mass is 35.5. The summed E-state index contributed by atoms with van der Waals surface area (Å²) >= 11 is 6.07. The molecule has 0 saturated carbocycles. The molecule has 1 aliphatic heterocycles. The molecule has 8 heteroatoms. The van der Waals surface area contributed by atoms with Crippen molar-refractivity contribution < 1.29 is 14.0 Å². The standard InChI is InChI=1S/C20H24ClFN4O2/c1-20(2,3)8-16(27)25-10-14(9-22)26-15(11-25)17(19(23)28)18(24-26)12-5-4-6-13(21)7-12/h4-7,14H,8-11H2,1-3H3,(H2,23,28). The van der Waals surface area contributed by atoms with E-state index >= 15 is 0 Å². The summed E-state index contributed by atoms with van der Waals surface area (Å²) in [5.41, 5.74) is 7.08. The van der Waals surface area contributed by atoms with Crippen molar-refractivity contribution >= 4 is 23.4 Å². The van der Waals surface area contributed by atoms with Crippen LogP contribution in [0.2, 0.25) is 5.02 Å². The summed E-state index contributed by atoms with van der Waals surface area (Å²) in [6, 6.07) is 6.22. The quantitative estimate of drug-likeness (QED) is 0.842. The van der Waals surface area contributed by atoms with Crippen molar-refractivity contribution in [2.24, 2.45) is 11.1 Å². The monoisotopic (exact) mass is 406 g/mol. The zero-order valence-corrected chi connectivity index (χ0v) is 17.0. The third-order valence-electron chi connectivity index (χ3n) is 4.68. The molecule has 1 aromatic carbocycles. The summed E-state index contributed by atoms with van der Waals surface area (Å²) in [4.78, 5) is 26.6. The van der Waals surface area contributed by atoms with E-state index in [2.05, 4.69) is 5.10 Å². The molecule has 0 radical (unpaired) electrons. The second-order valence-electron chi connectivity index (χ2n) is 8.31. The lowest BCUT2D eigenvalue weighted by molar-refractivity contribution is -0.135. The fourth-order valence-electron chi connectivity index (χ4n) is 3.47. The molecule has 28 heavy (non-hydrogen) atoms. The van der Waals surface area contributed by atoms with Gasteiger partial charge in [0.05, 0.1) is 23.8 Å². The molecule has 1 atom stereocenters. The Kier molecular flexibility index (Phi) is 5.48. The fourth-order valence-corrected chi connectivity index (χ4v) is 3.66. The van der Waals surface area contributed by atoms with Gasteiger partial charge in [-0.15, -0.1) is 0 Å². The van der Waals surface area contributed by atoms with E-state index in [4.69, 9.17) is 17.3 Å². The molecule has 2 N–H and O–H groups in total. The number of amides is 2. The van der Waals surface area contributed by atoms with Crippen molar-refractivity contribution in [1.82, 2.24) is 14.7 Å². The molecule has 6 nitrogen and oxygen atoms in total. The lowest BCUT2D eigenvalue weighted by Crippen LogP contribution is -2.43. The van der Waals surface area contributed by atoms with Gasteiger partial charge < -0.3 is 10.6 Å². The van der Waals surface area contributed by atoms with Crippen molar-refractivity contribution in [3.63, 3.8) is 0 Å². The first-order valence-corrected chi connectivity index (χ1v) is 9.49. The summed E-state index contributed by atoms with van der Waals surface area (Å²) < 4.78 is 15.3. The Hall–Kier alpha value is -2.41. The van der Waals surface area contributed by atoms with Gasteiger partial charge in [0.2, 0.25) is 5.91 Å². The zero-order valence-electron chi connectivity index (χ0n) is 16.2. The molecule has 2 amide bonds. The lowest BCUT2D eigenvalue weighted by atomic mass is 9.91. The van der Waals surface area contributed by atoms with E-state index in [0.29, 0.717) is 28.4 Å². The average molecular weight is 407 g/mol. The summed E-state index contributed by atoms with van der Waals surface area (Å²) in [6.45, 7) is 5.57. The van der Waals surface area contributed by atoms with Crippen molar-refractivity contribution in [2.45, 2.75) is 39.8 Å². The van der Waals surface area contributed by atoms with Gasteiger partial charge in [-0.25, -0.2) is 4.39 Å². The number of benzene rings is 1. The Morgan fingerprint density at radius 3 is 2.64 bits per heavy atom. The van der Waals surface area contributed by atoms with Gasteiger partial charge in [0.1, 0.15) is 12.4 Å². The van der Waals surface area contributed by atoms with Crippen LogP contribution in [0.15, 0.2) is 24.3 Å². The number of aromatic nitrogens is 2. The van der Waals surface area contributed by atoms with Gasteiger partial charge >= 0.3 is 0 Å². The number of hydrogen-bond donors (Lipinski definition) is 1. The number of alkyl halides is 1. The smallest absolute Gasteiger partial charge is 0.252 e. The maximum absolute atomic E-state index is 13.8. The summed E-state index contributed by atoms with van der Waals surface area (Å²) in [7, 11) is 0. The first-order valence-electron chi connectivity index (χ1n) is 9.11. The minimum atomic E-state index is -0.707. The van der Waals surface area contributed by atoms with E-state index in [1.54, 1.807) is 29.2 Å². The summed E-state index contributed by atoms with van der Waals surface area (Å²) in [5, 5.41) is 4.97. The van der Waals surface area contributed by atoms with Crippen LogP contribution in [-0.4, -0.2) is 39.7 Å². The van der Waals surface area contributed by atoms with E-state index < -0.39 is 18.6 Å². The van der Waals surface area contributed by atoms with Crippen LogP contribution in [0.25, 0.3) is 11.3 Å². The van der Waals surface area contributed by atoms with Gasteiger partial charge in [-0.05, 0) is 17.5 Å². The van der Waals surface area contributed by atoms with Crippen LogP contribution in [0, 0.1) is 5.41 Å². The van der Waals surface area contributed by atoms with E-state index in [1.165, 1.54) is 4.68 Å².